The lowest BCUT2D eigenvalue weighted by Gasteiger charge is -2.21. The number of rotatable bonds is 8. The summed E-state index contributed by atoms with van der Waals surface area (Å²) in [6.45, 7) is 1.53. The maximum atomic E-state index is 14.6. The number of thiophene rings is 1. The topological polar surface area (TPSA) is 139 Å². The van der Waals surface area contributed by atoms with E-state index >= 15 is 0 Å². The van der Waals surface area contributed by atoms with Crippen molar-refractivity contribution >= 4 is 39.0 Å². The standard InChI is InChI=1S/C19H18F5N2O6PS2/c1-9-12-7-11(32-5-4-25)8-15(21)16(12)34-18(9)35(30,31)26-17(33(27,28)29)10-2-3-13(14(20)6-10)19(22,23)24/h2-3,6-8,17,26H,4-5,25H2,1H3,(H2,27,28,29). The van der Waals surface area contributed by atoms with Crippen LogP contribution in [0.1, 0.15) is 22.5 Å². The Morgan fingerprint density at radius 1 is 1.17 bits per heavy atom. The average Bonchev–Trinajstić information content (AvgIpc) is 3.07. The highest BCUT2D eigenvalue weighted by Crippen LogP contribution is 2.51. The van der Waals surface area contributed by atoms with E-state index in [0.29, 0.717) is 17.4 Å². The molecule has 2 aromatic carbocycles. The van der Waals surface area contributed by atoms with Crippen molar-refractivity contribution in [3.8, 4) is 5.75 Å². The summed E-state index contributed by atoms with van der Waals surface area (Å²) in [6.07, 6.45) is -5.08. The molecule has 0 saturated carbocycles. The molecule has 1 heterocycles. The minimum absolute atomic E-state index is 0.0256. The molecule has 0 fully saturated rings. The summed E-state index contributed by atoms with van der Waals surface area (Å²) in [6, 6.07) is 3.36. The Hall–Kier alpha value is -2.13. The van der Waals surface area contributed by atoms with Crippen molar-refractivity contribution in [2.24, 2.45) is 5.73 Å². The molecule has 5 N–H and O–H groups in total. The van der Waals surface area contributed by atoms with Crippen LogP contribution < -0.4 is 15.2 Å². The van der Waals surface area contributed by atoms with Gasteiger partial charge in [-0.2, -0.15) is 17.9 Å². The van der Waals surface area contributed by atoms with E-state index in [0.717, 1.165) is 6.07 Å². The third kappa shape index (κ3) is 5.82. The summed E-state index contributed by atoms with van der Waals surface area (Å²) in [7, 11) is -10.2. The zero-order valence-corrected chi connectivity index (χ0v) is 20.2. The Labute approximate surface area is 199 Å². The number of aryl methyl sites for hydroxylation is 1. The first kappa shape index (κ1) is 27.5. The van der Waals surface area contributed by atoms with Gasteiger partial charge >= 0.3 is 13.8 Å². The zero-order valence-electron chi connectivity index (χ0n) is 17.6. The second-order valence-electron chi connectivity index (χ2n) is 7.28. The number of halogens is 5. The predicted molar refractivity (Wildman–Crippen MR) is 118 cm³/mol. The van der Waals surface area contributed by atoms with Crippen LogP contribution >= 0.6 is 18.9 Å². The van der Waals surface area contributed by atoms with Gasteiger partial charge in [0.1, 0.15) is 34.0 Å². The van der Waals surface area contributed by atoms with E-state index in [1.165, 1.54) is 13.0 Å². The number of alkyl halides is 3. The number of benzene rings is 2. The van der Waals surface area contributed by atoms with Crippen molar-refractivity contribution in [1.29, 1.82) is 0 Å². The van der Waals surface area contributed by atoms with Crippen molar-refractivity contribution in [2.75, 3.05) is 13.2 Å². The van der Waals surface area contributed by atoms with Crippen LogP contribution in [0, 0.1) is 18.6 Å². The molecule has 1 unspecified atom stereocenters. The minimum atomic E-state index is -5.41. The summed E-state index contributed by atoms with van der Waals surface area (Å²) in [5, 5.41) is 0.149. The Balaban J connectivity index is 2.06. The van der Waals surface area contributed by atoms with E-state index in [-0.39, 0.29) is 46.7 Å². The third-order valence-corrected chi connectivity index (χ3v) is 9.40. The zero-order chi connectivity index (χ0) is 26.3. The molecular formula is C19H18F5N2O6PS2. The van der Waals surface area contributed by atoms with Gasteiger partial charge in [-0.15, -0.1) is 11.3 Å². The maximum absolute atomic E-state index is 14.6. The summed E-state index contributed by atoms with van der Waals surface area (Å²) in [5.74, 6) is -5.01. The molecule has 0 radical (unpaired) electrons. The smallest absolute Gasteiger partial charge is 0.419 e. The number of nitrogens with two attached hydrogens (primary N) is 1. The number of hydrogen-bond donors (Lipinski definition) is 4. The fourth-order valence-corrected chi connectivity index (χ4v) is 7.53. The molecule has 0 bridgehead atoms. The highest BCUT2D eigenvalue weighted by molar-refractivity contribution is 7.92. The molecule has 0 aliphatic rings. The average molecular weight is 560 g/mol. The molecule has 0 amide bonds. The number of ether oxygens (including phenoxy) is 1. The van der Waals surface area contributed by atoms with Gasteiger partial charge in [0.2, 0.25) is 0 Å². The molecule has 0 aliphatic carbocycles. The van der Waals surface area contributed by atoms with Gasteiger partial charge in [0.05, 0.1) is 10.3 Å². The fraction of sp³-hybridized carbons (Fsp3) is 0.263. The monoisotopic (exact) mass is 560 g/mol. The number of sulfonamides is 1. The second kappa shape index (κ2) is 9.73. The SMILES string of the molecule is Cc1c(S(=O)(=O)NC(c2ccc(C(F)(F)F)c(F)c2)P(=O)(O)O)sc2c(F)cc(OCCN)cc12. The van der Waals surface area contributed by atoms with Crippen LogP contribution in [0.5, 0.6) is 5.75 Å². The number of hydrogen-bond acceptors (Lipinski definition) is 6. The van der Waals surface area contributed by atoms with Crippen LogP contribution in [0.4, 0.5) is 22.0 Å². The highest BCUT2D eigenvalue weighted by Gasteiger charge is 2.39. The first-order chi connectivity index (χ1) is 16.1. The molecule has 35 heavy (non-hydrogen) atoms. The van der Waals surface area contributed by atoms with Crippen LogP contribution in [0.3, 0.4) is 0 Å². The summed E-state index contributed by atoms with van der Waals surface area (Å²) >= 11 is 0.465. The molecule has 1 atom stereocenters. The van der Waals surface area contributed by atoms with Crippen molar-refractivity contribution in [3.05, 3.63) is 58.7 Å². The summed E-state index contributed by atoms with van der Waals surface area (Å²) in [5.41, 5.74) is 2.93. The van der Waals surface area contributed by atoms with E-state index in [2.05, 4.69) is 0 Å². The minimum Gasteiger partial charge on any atom is -0.492 e. The predicted octanol–water partition coefficient (Wildman–Crippen LogP) is 4.00. The van der Waals surface area contributed by atoms with Crippen LogP contribution in [0.15, 0.2) is 34.5 Å². The third-order valence-electron chi connectivity index (χ3n) is 4.77. The van der Waals surface area contributed by atoms with E-state index in [1.54, 1.807) is 4.72 Å². The van der Waals surface area contributed by atoms with Gasteiger partial charge in [0.25, 0.3) is 10.0 Å². The molecule has 3 rings (SSSR count). The Morgan fingerprint density at radius 2 is 1.83 bits per heavy atom. The first-order valence-corrected chi connectivity index (χ1v) is 13.5. The molecular weight excluding hydrogens is 542 g/mol. The molecule has 8 nitrogen and oxygen atoms in total. The molecule has 192 valence electrons. The van der Waals surface area contributed by atoms with Crippen LogP contribution in [0.2, 0.25) is 0 Å². The van der Waals surface area contributed by atoms with Crippen LogP contribution in [-0.2, 0) is 20.8 Å². The lowest BCUT2D eigenvalue weighted by molar-refractivity contribution is -0.140. The van der Waals surface area contributed by atoms with E-state index in [1.807, 2.05) is 0 Å². The van der Waals surface area contributed by atoms with Crippen LogP contribution in [0.25, 0.3) is 10.1 Å². The van der Waals surface area contributed by atoms with Crippen LogP contribution in [-0.4, -0.2) is 31.4 Å². The van der Waals surface area contributed by atoms with Gasteiger partial charge in [-0.25, -0.2) is 17.2 Å². The molecule has 3 aromatic rings. The van der Waals surface area contributed by atoms with Crippen molar-refractivity contribution < 1.29 is 49.5 Å². The van der Waals surface area contributed by atoms with Crippen molar-refractivity contribution in [3.63, 3.8) is 0 Å². The van der Waals surface area contributed by atoms with Gasteiger partial charge in [-0.05, 0) is 36.2 Å². The Bertz CT molecular complexity index is 1420. The summed E-state index contributed by atoms with van der Waals surface area (Å²) < 4.78 is 112. The Kier molecular flexibility index (Phi) is 7.63. The molecule has 0 saturated heterocycles. The lowest BCUT2D eigenvalue weighted by atomic mass is 10.1. The van der Waals surface area contributed by atoms with E-state index < -0.39 is 56.5 Å². The normalized spacial score (nSPS) is 13.9. The van der Waals surface area contributed by atoms with Gasteiger partial charge in [-0.1, -0.05) is 6.07 Å². The Morgan fingerprint density at radius 3 is 2.37 bits per heavy atom. The largest absolute Gasteiger partial charge is 0.492 e. The van der Waals surface area contributed by atoms with E-state index in [4.69, 9.17) is 10.5 Å². The summed E-state index contributed by atoms with van der Waals surface area (Å²) in [4.78, 5) is 19.4. The maximum Gasteiger partial charge on any atom is 0.419 e. The fourth-order valence-electron chi connectivity index (χ4n) is 3.21. The van der Waals surface area contributed by atoms with Gasteiger partial charge in [0, 0.05) is 18.0 Å². The molecule has 0 spiro atoms. The number of fused-ring (bicyclic) bond motifs is 1. The number of nitrogens with one attached hydrogen (secondary N) is 1. The van der Waals surface area contributed by atoms with Crippen molar-refractivity contribution in [1.82, 2.24) is 4.72 Å². The lowest BCUT2D eigenvalue weighted by Crippen LogP contribution is -2.29. The van der Waals surface area contributed by atoms with E-state index in [9.17, 15) is 44.7 Å². The first-order valence-electron chi connectivity index (χ1n) is 9.56. The molecule has 1 aromatic heterocycles. The second-order valence-corrected chi connectivity index (χ2v) is 11.9. The van der Waals surface area contributed by atoms with Gasteiger partial charge < -0.3 is 20.3 Å². The molecule has 0 aliphatic heterocycles. The quantitative estimate of drug-likeness (QED) is 0.241. The highest BCUT2D eigenvalue weighted by atomic mass is 32.2. The van der Waals surface area contributed by atoms with Crippen molar-refractivity contribution in [2.45, 2.75) is 23.1 Å². The van der Waals surface area contributed by atoms with Gasteiger partial charge in [-0.3, -0.25) is 4.57 Å². The molecule has 16 heteroatoms. The van der Waals surface area contributed by atoms with Gasteiger partial charge in [0.15, 0.2) is 0 Å².